The Labute approximate surface area is 416 Å². The fraction of sp³-hybridized carbons (Fsp3) is 0.375. The van der Waals surface area contributed by atoms with Gasteiger partial charge in [-0.1, -0.05) is 0 Å². The van der Waals surface area contributed by atoms with E-state index in [0.29, 0.717) is 0 Å². The minimum atomic E-state index is -3.81. The van der Waals surface area contributed by atoms with Gasteiger partial charge in [0.1, 0.15) is 0 Å². The summed E-state index contributed by atoms with van der Waals surface area (Å²) in [5.41, 5.74) is 0. The maximum atomic E-state index is 8.10. The first-order chi connectivity index (χ1) is 28.4. The fourth-order valence-corrected chi connectivity index (χ4v) is 132. The third kappa shape index (κ3) is 8.75. The van der Waals surface area contributed by atoms with Crippen LogP contribution in [0.5, 0.6) is 0 Å². The van der Waals surface area contributed by atoms with Crippen LogP contribution < -0.4 is 31.3 Å². The van der Waals surface area contributed by atoms with Gasteiger partial charge in [0.05, 0.1) is 0 Å². The third-order valence-electron chi connectivity index (χ3n) is 13.0. The zero-order valence-electron chi connectivity index (χ0n) is 40.7. The molecule has 15 heteroatoms. The standard InChI is InChI=1S/C48H66Cl6Ge3Si6/c1-58(2,3)43-37-31-19-21-33(22-20-31)39-41(47(62(13,14)15)56(51,52)45(39)60(7,8)9)35-27-29-36(30-28-35)42-40(46(61(10,11)12)57(53,54)48(42)63(16,17)18)34-25-23-32(24-26-34)38(37)44(55(43,49)50)59(4,5)6/h19-30H,1-18H3. The molecule has 0 aliphatic carbocycles. The first-order valence-corrected chi connectivity index (χ1v) is 66.2. The van der Waals surface area contributed by atoms with Crippen LogP contribution in [0, 0.1) is 0 Å². The molecule has 10 rings (SSSR count). The summed E-state index contributed by atoms with van der Waals surface area (Å²) in [6.07, 6.45) is 0. The molecule has 0 saturated carbocycles. The van der Waals surface area contributed by atoms with Crippen LogP contribution >= 0.6 is 60.1 Å². The van der Waals surface area contributed by atoms with Crippen LogP contribution in [-0.2, 0) is 0 Å². The van der Waals surface area contributed by atoms with Gasteiger partial charge >= 0.3 is 421 Å². The summed E-state index contributed by atoms with van der Waals surface area (Å²) in [6.45, 7) is 43.9. The van der Waals surface area contributed by atoms with E-state index in [1.54, 1.807) is 0 Å². The predicted molar refractivity (Wildman–Crippen MR) is 316 cm³/mol. The summed E-state index contributed by atoms with van der Waals surface area (Å²) >= 11 is -11.4. The summed E-state index contributed by atoms with van der Waals surface area (Å²) in [7, 11) is 36.2. The number of rotatable bonds is 6. The number of benzene rings is 3. The van der Waals surface area contributed by atoms with Crippen molar-refractivity contribution in [2.75, 3.05) is 0 Å². The molecule has 0 nitrogen and oxygen atoms in total. The molecule has 7 aromatic carbocycles. The van der Waals surface area contributed by atoms with Crippen LogP contribution in [-0.4, -0.2) is 82.7 Å². The Kier molecular flexibility index (Phi) is 13.5. The van der Waals surface area contributed by atoms with Crippen molar-refractivity contribution in [3.63, 3.8) is 0 Å². The maximum absolute atomic E-state index is 8.10. The van der Waals surface area contributed by atoms with E-state index in [-0.39, 0.29) is 0 Å². The Balaban J connectivity index is 2.00. The number of fused-ring (bicyclic) bond motifs is 3. The Bertz CT molecular complexity index is 2600. The van der Waals surface area contributed by atoms with Gasteiger partial charge in [-0.25, -0.2) is 0 Å². The Morgan fingerprint density at radius 1 is 0.222 bits per heavy atom. The van der Waals surface area contributed by atoms with Crippen LogP contribution in [0.1, 0.15) is 0 Å². The molecule has 0 N–H and O–H groups in total. The van der Waals surface area contributed by atoms with Crippen LogP contribution in [0.3, 0.4) is 0 Å². The molecule has 0 aromatic heterocycles. The number of halogens is 6. The predicted octanol–water partition coefficient (Wildman–Crippen LogP) is 13.0. The van der Waals surface area contributed by atoms with E-state index in [2.05, 4.69) is 191 Å². The van der Waals surface area contributed by atoms with E-state index in [9.17, 15) is 0 Å². The molecule has 0 atom stereocenters. The second kappa shape index (κ2) is 16.4. The molecule has 336 valence electrons. The van der Waals surface area contributed by atoms with Crippen molar-refractivity contribution in [2.45, 2.75) is 118 Å². The average Bonchev–Trinajstić information content (AvgIpc) is 3.64. The van der Waals surface area contributed by atoms with Gasteiger partial charge in [-0.15, -0.1) is 0 Å². The normalized spacial score (nSPS) is 18.7. The molecule has 3 heterocycles. The molecular weight excluding hydrogens is 1180 g/mol. The molecule has 3 aliphatic heterocycles. The molecular formula is C48H66Cl6Ge3Si6. The van der Waals surface area contributed by atoms with Gasteiger partial charge in [0.25, 0.3) is 0 Å². The van der Waals surface area contributed by atoms with Crippen molar-refractivity contribution in [3.8, 4) is 0 Å². The first-order valence-electron chi connectivity index (χ1n) is 22.3. The summed E-state index contributed by atoms with van der Waals surface area (Å²) in [4.78, 5) is 0. The SMILES string of the molecule is C[Si](C)(C)[C]1=c2c(c3ccc(cc3)c3c(c4ccc(cc4)c4c(c5ccc2cc5)=[C]([Si](C)(C)C)[Ge]([Cl])([Cl])[C]=4[Si](C)(C)C)=[C]([Si](C)(C)C)[Ge]([Cl])([Cl])[C]=3[Si](C)(C)C)=[C]([Si](C)(C)C)[Ge]1([Cl])[Cl]. The molecule has 0 unspecified atom stereocenters. The monoisotopic (exact) mass is 1240 g/mol. The third-order valence-corrected chi connectivity index (χ3v) is 96.3. The molecule has 7 aromatic rings. The van der Waals surface area contributed by atoms with E-state index in [1.165, 1.54) is 87.8 Å². The molecule has 0 amide bonds. The topological polar surface area (TPSA) is 0 Å². The van der Waals surface area contributed by atoms with Crippen LogP contribution in [0.4, 0.5) is 0 Å². The van der Waals surface area contributed by atoms with Gasteiger partial charge in [-0.3, -0.25) is 0 Å². The van der Waals surface area contributed by atoms with Crippen LogP contribution in [0.15, 0.2) is 72.8 Å². The van der Waals surface area contributed by atoms with E-state index in [0.717, 1.165) is 0 Å². The summed E-state index contributed by atoms with van der Waals surface area (Å²) in [5.74, 6) is 0. The van der Waals surface area contributed by atoms with E-state index < -0.39 is 82.7 Å². The second-order valence-corrected chi connectivity index (χ2v) is 95.0. The van der Waals surface area contributed by atoms with Crippen molar-refractivity contribution in [1.82, 2.24) is 0 Å². The quantitative estimate of drug-likeness (QED) is 0.169. The zero-order valence-corrected chi connectivity index (χ0v) is 57.5. The molecule has 0 saturated heterocycles. The first kappa shape index (κ1) is 51.6. The molecule has 0 fully saturated rings. The summed E-state index contributed by atoms with van der Waals surface area (Å²) < 4.78 is 8.31. The Morgan fingerprint density at radius 2 is 0.317 bits per heavy atom. The average molecular weight is 1240 g/mol. The van der Waals surface area contributed by atoms with Crippen molar-refractivity contribution in [1.29, 1.82) is 0 Å². The van der Waals surface area contributed by atoms with Crippen LogP contribution in [0.25, 0.3) is 56.5 Å². The minimum absolute atomic E-state index is 1.20. The molecule has 0 radical (unpaired) electrons. The molecule has 63 heavy (non-hydrogen) atoms. The van der Waals surface area contributed by atoms with Gasteiger partial charge in [0.2, 0.25) is 0 Å². The molecule has 6 bridgehead atoms. The van der Waals surface area contributed by atoms with Gasteiger partial charge < -0.3 is 0 Å². The van der Waals surface area contributed by atoms with Crippen LogP contribution in [0.2, 0.25) is 118 Å². The fourth-order valence-electron chi connectivity index (χ4n) is 11.3. The van der Waals surface area contributed by atoms with E-state index in [4.69, 9.17) is 60.1 Å². The summed E-state index contributed by atoms with van der Waals surface area (Å²) in [5, 5.41) is 14.9. The number of hydrogen-bond acceptors (Lipinski definition) is 0. The Hall–Kier alpha value is 0.770. The van der Waals surface area contributed by atoms with Gasteiger partial charge in [0, 0.05) is 0 Å². The molecule has 0 spiro atoms. The molecule has 3 aliphatic rings. The second-order valence-electron chi connectivity index (χ2n) is 24.5. The zero-order chi connectivity index (χ0) is 47.4. The number of hydrogen-bond donors (Lipinski definition) is 0. The summed E-state index contributed by atoms with van der Waals surface area (Å²) in [6, 6.07) is 28.4. The van der Waals surface area contributed by atoms with Crippen molar-refractivity contribution in [3.05, 3.63) is 104 Å². The van der Waals surface area contributed by atoms with Crippen molar-refractivity contribution < 1.29 is 0 Å². The Morgan fingerprint density at radius 3 is 0.397 bits per heavy atom. The van der Waals surface area contributed by atoms with Gasteiger partial charge in [-0.05, 0) is 0 Å². The van der Waals surface area contributed by atoms with E-state index >= 15 is 0 Å². The van der Waals surface area contributed by atoms with Gasteiger partial charge in [-0.2, -0.15) is 0 Å². The van der Waals surface area contributed by atoms with E-state index in [1.807, 2.05) is 0 Å². The van der Waals surface area contributed by atoms with Crippen molar-refractivity contribution in [2.24, 2.45) is 0 Å². The van der Waals surface area contributed by atoms with Gasteiger partial charge in [0.15, 0.2) is 0 Å². The van der Waals surface area contributed by atoms with Crippen molar-refractivity contribution >= 4 is 199 Å².